The Morgan fingerprint density at radius 2 is 1.67 bits per heavy atom. The van der Waals surface area contributed by atoms with Gasteiger partial charge >= 0.3 is 0 Å². The van der Waals surface area contributed by atoms with Crippen LogP contribution in [0, 0.1) is 17.5 Å². The van der Waals surface area contributed by atoms with Gasteiger partial charge in [0, 0.05) is 6.54 Å². The average Bonchev–Trinajstić information content (AvgIpc) is 2.56. The summed E-state index contributed by atoms with van der Waals surface area (Å²) in [5, 5.41) is 0. The first-order valence-corrected chi connectivity index (χ1v) is 8.24. The van der Waals surface area contributed by atoms with E-state index in [-0.39, 0.29) is 13.2 Å². The highest BCUT2D eigenvalue weighted by Gasteiger charge is 2.23. The summed E-state index contributed by atoms with van der Waals surface area (Å²) in [7, 11) is -2.89. The van der Waals surface area contributed by atoms with E-state index in [2.05, 4.69) is 0 Å². The van der Waals surface area contributed by atoms with E-state index < -0.39 is 32.4 Å². The summed E-state index contributed by atoms with van der Waals surface area (Å²) in [6, 6.07) is 7.92. The minimum absolute atomic E-state index is 0.0785. The summed E-state index contributed by atoms with van der Waals surface area (Å²) in [4.78, 5) is -0.973. The van der Waals surface area contributed by atoms with Gasteiger partial charge in [0.2, 0.25) is 10.0 Å². The smallest absolute Gasteiger partial charge is 0.243 e. The number of hydrogen-bond acceptors (Lipinski definition) is 4. The van der Waals surface area contributed by atoms with Gasteiger partial charge in [-0.1, -0.05) is 12.1 Å². The number of rotatable bonds is 7. The second-order valence-corrected chi connectivity index (χ2v) is 6.31. The molecule has 0 aliphatic carbocycles. The lowest BCUT2D eigenvalue weighted by molar-refractivity contribution is 0.298. The molecule has 0 radical (unpaired) electrons. The molecule has 2 aromatic carbocycles. The summed E-state index contributed by atoms with van der Waals surface area (Å²) < 4.78 is 75.9. The zero-order valence-corrected chi connectivity index (χ0v) is 13.4. The predicted octanol–water partition coefficient (Wildman–Crippen LogP) is 2.47. The third-order valence-electron chi connectivity index (χ3n) is 3.01. The Labute approximate surface area is 137 Å². The molecule has 2 rings (SSSR count). The van der Waals surface area contributed by atoms with Crippen molar-refractivity contribution in [1.82, 2.24) is 4.72 Å². The normalized spacial score (nSPS) is 11.3. The highest BCUT2D eigenvalue weighted by atomic mass is 32.2. The SMILES string of the molecule is COc1ccccc1OCCNS(=O)(=O)c1ccc(F)c(F)c1F. The largest absolute Gasteiger partial charge is 0.493 e. The van der Waals surface area contributed by atoms with Crippen molar-refractivity contribution in [3.63, 3.8) is 0 Å². The Morgan fingerprint density at radius 3 is 2.33 bits per heavy atom. The molecule has 0 atom stereocenters. The summed E-state index contributed by atoms with van der Waals surface area (Å²) >= 11 is 0. The third-order valence-corrected chi connectivity index (χ3v) is 4.49. The van der Waals surface area contributed by atoms with Crippen LogP contribution in [0.4, 0.5) is 13.2 Å². The first-order chi connectivity index (χ1) is 11.4. The molecule has 130 valence electrons. The van der Waals surface area contributed by atoms with Crippen LogP contribution in [0.25, 0.3) is 0 Å². The van der Waals surface area contributed by atoms with Crippen molar-refractivity contribution >= 4 is 10.0 Å². The zero-order chi connectivity index (χ0) is 17.7. The zero-order valence-electron chi connectivity index (χ0n) is 12.6. The van der Waals surface area contributed by atoms with Gasteiger partial charge in [0.15, 0.2) is 29.0 Å². The molecule has 9 heteroatoms. The van der Waals surface area contributed by atoms with Crippen LogP contribution < -0.4 is 14.2 Å². The maximum Gasteiger partial charge on any atom is 0.243 e. The fourth-order valence-corrected chi connectivity index (χ4v) is 2.95. The molecule has 0 saturated carbocycles. The molecule has 0 aliphatic heterocycles. The lowest BCUT2D eigenvalue weighted by Gasteiger charge is -2.11. The van der Waals surface area contributed by atoms with Crippen molar-refractivity contribution in [2.24, 2.45) is 0 Å². The minimum atomic E-state index is -4.34. The van der Waals surface area contributed by atoms with Crippen LogP contribution in [0.5, 0.6) is 11.5 Å². The molecular formula is C15H14F3NO4S. The molecule has 0 unspecified atom stereocenters. The first-order valence-electron chi connectivity index (χ1n) is 6.76. The Morgan fingerprint density at radius 1 is 1.00 bits per heavy atom. The molecule has 0 saturated heterocycles. The average molecular weight is 361 g/mol. The van der Waals surface area contributed by atoms with Crippen LogP contribution in [0.2, 0.25) is 0 Å². The third kappa shape index (κ3) is 3.98. The number of sulfonamides is 1. The second-order valence-electron chi connectivity index (χ2n) is 4.57. The van der Waals surface area contributed by atoms with Gasteiger partial charge in [0.1, 0.15) is 11.5 Å². The van der Waals surface area contributed by atoms with Crippen LogP contribution in [0.3, 0.4) is 0 Å². The van der Waals surface area contributed by atoms with Gasteiger partial charge in [-0.05, 0) is 24.3 Å². The monoisotopic (exact) mass is 361 g/mol. The van der Waals surface area contributed by atoms with E-state index >= 15 is 0 Å². The van der Waals surface area contributed by atoms with Crippen molar-refractivity contribution < 1.29 is 31.1 Å². The summed E-state index contributed by atoms with van der Waals surface area (Å²) in [6.07, 6.45) is 0. The van der Waals surface area contributed by atoms with E-state index in [4.69, 9.17) is 9.47 Å². The van der Waals surface area contributed by atoms with E-state index in [1.165, 1.54) is 7.11 Å². The number of para-hydroxylation sites is 2. The van der Waals surface area contributed by atoms with Crippen molar-refractivity contribution in [2.75, 3.05) is 20.3 Å². The van der Waals surface area contributed by atoms with Gasteiger partial charge in [-0.2, -0.15) is 0 Å². The number of nitrogens with one attached hydrogen (secondary N) is 1. The standard InChI is InChI=1S/C15H14F3NO4S/c1-22-11-4-2-3-5-12(11)23-9-8-19-24(20,21)13-7-6-10(16)14(17)15(13)18/h2-7,19H,8-9H2,1H3. The highest BCUT2D eigenvalue weighted by molar-refractivity contribution is 7.89. The number of methoxy groups -OCH3 is 1. The number of ether oxygens (including phenoxy) is 2. The molecule has 5 nitrogen and oxygen atoms in total. The molecule has 0 heterocycles. The molecule has 2 aromatic rings. The molecule has 0 aliphatic rings. The number of halogens is 3. The highest BCUT2D eigenvalue weighted by Crippen LogP contribution is 2.25. The fraction of sp³-hybridized carbons (Fsp3) is 0.200. The summed E-state index contributed by atoms with van der Waals surface area (Å²) in [5.74, 6) is -4.22. The lowest BCUT2D eigenvalue weighted by atomic mass is 10.3. The lowest BCUT2D eigenvalue weighted by Crippen LogP contribution is -2.29. The van der Waals surface area contributed by atoms with Gasteiger partial charge in [-0.3, -0.25) is 0 Å². The molecule has 0 amide bonds. The van der Waals surface area contributed by atoms with E-state index in [0.29, 0.717) is 23.6 Å². The first kappa shape index (κ1) is 18.1. The molecule has 1 N–H and O–H groups in total. The molecular weight excluding hydrogens is 347 g/mol. The van der Waals surface area contributed by atoms with Crippen LogP contribution in [0.15, 0.2) is 41.3 Å². The van der Waals surface area contributed by atoms with Crippen molar-refractivity contribution in [2.45, 2.75) is 4.90 Å². The number of benzene rings is 2. The van der Waals surface area contributed by atoms with Crippen molar-refractivity contribution in [1.29, 1.82) is 0 Å². The van der Waals surface area contributed by atoms with Crippen LogP contribution >= 0.6 is 0 Å². The Bertz CT molecular complexity index is 827. The van der Waals surface area contributed by atoms with Gasteiger partial charge < -0.3 is 9.47 Å². The Hall–Kier alpha value is -2.26. The van der Waals surface area contributed by atoms with E-state index in [1.807, 2.05) is 4.72 Å². The Kier molecular flexibility index (Phi) is 5.68. The van der Waals surface area contributed by atoms with Crippen LogP contribution in [0.1, 0.15) is 0 Å². The quantitative estimate of drug-likeness (QED) is 0.608. The molecule has 0 spiro atoms. The van der Waals surface area contributed by atoms with Crippen LogP contribution in [-0.2, 0) is 10.0 Å². The van der Waals surface area contributed by atoms with Gasteiger partial charge in [0.25, 0.3) is 0 Å². The molecule has 0 bridgehead atoms. The summed E-state index contributed by atoms with van der Waals surface area (Å²) in [5.41, 5.74) is 0. The van der Waals surface area contributed by atoms with Crippen molar-refractivity contribution in [3.05, 3.63) is 53.8 Å². The second kappa shape index (κ2) is 7.54. The van der Waals surface area contributed by atoms with E-state index in [0.717, 1.165) is 0 Å². The maximum atomic E-state index is 13.5. The van der Waals surface area contributed by atoms with Crippen LogP contribution in [-0.4, -0.2) is 28.7 Å². The Balaban J connectivity index is 2.00. The fourth-order valence-electron chi connectivity index (χ4n) is 1.87. The summed E-state index contributed by atoms with van der Waals surface area (Å²) in [6.45, 7) is -0.288. The maximum absolute atomic E-state index is 13.5. The molecule has 0 fully saturated rings. The van der Waals surface area contributed by atoms with Gasteiger partial charge in [-0.15, -0.1) is 0 Å². The van der Waals surface area contributed by atoms with E-state index in [9.17, 15) is 21.6 Å². The number of hydrogen-bond donors (Lipinski definition) is 1. The molecule has 0 aromatic heterocycles. The minimum Gasteiger partial charge on any atom is -0.493 e. The van der Waals surface area contributed by atoms with Gasteiger partial charge in [0.05, 0.1) is 7.11 Å². The van der Waals surface area contributed by atoms with Gasteiger partial charge in [-0.25, -0.2) is 26.3 Å². The topological polar surface area (TPSA) is 64.6 Å². The predicted molar refractivity (Wildman–Crippen MR) is 80.0 cm³/mol. The van der Waals surface area contributed by atoms with E-state index in [1.54, 1.807) is 24.3 Å². The van der Waals surface area contributed by atoms with Crippen molar-refractivity contribution in [3.8, 4) is 11.5 Å². The molecule has 24 heavy (non-hydrogen) atoms.